The van der Waals surface area contributed by atoms with Gasteiger partial charge in [-0.3, -0.25) is 4.79 Å². The summed E-state index contributed by atoms with van der Waals surface area (Å²) in [6, 6.07) is 0. The van der Waals surface area contributed by atoms with Gasteiger partial charge in [-0.1, -0.05) is 25.7 Å². The smallest absolute Gasteiger partial charge is 0.222 e. The van der Waals surface area contributed by atoms with Crippen molar-refractivity contribution >= 4 is 18.3 Å². The van der Waals surface area contributed by atoms with Crippen molar-refractivity contribution in [1.82, 2.24) is 10.2 Å². The van der Waals surface area contributed by atoms with E-state index in [4.69, 9.17) is 0 Å². The molecule has 21 heavy (non-hydrogen) atoms. The maximum absolute atomic E-state index is 12.6. The Morgan fingerprint density at radius 1 is 1.05 bits per heavy atom. The zero-order chi connectivity index (χ0) is 13.8. The van der Waals surface area contributed by atoms with Crippen molar-refractivity contribution in [3.05, 3.63) is 0 Å². The third-order valence-electron chi connectivity index (χ3n) is 5.89. The number of hydrogen-bond acceptors (Lipinski definition) is 2. The van der Waals surface area contributed by atoms with Crippen molar-refractivity contribution in [2.75, 3.05) is 26.2 Å². The molecule has 0 unspecified atom stereocenters. The average molecular weight is 315 g/mol. The first-order valence-corrected chi connectivity index (χ1v) is 8.76. The standard InChI is InChI=1S/C17H30N2O.ClH/c20-16(13-15-5-3-1-2-4-6-15)19-12-9-17(14-19)7-10-18-11-8-17;/h15,18H,1-14H2;1H. The maximum atomic E-state index is 12.6. The lowest BCUT2D eigenvalue weighted by Gasteiger charge is -2.33. The monoisotopic (exact) mass is 314 g/mol. The van der Waals surface area contributed by atoms with Crippen LogP contribution in [0.3, 0.4) is 0 Å². The van der Waals surface area contributed by atoms with Crippen LogP contribution in [0.25, 0.3) is 0 Å². The molecule has 1 amide bonds. The molecule has 122 valence electrons. The average Bonchev–Trinajstić information content (AvgIpc) is 2.70. The van der Waals surface area contributed by atoms with Crippen molar-refractivity contribution in [3.63, 3.8) is 0 Å². The van der Waals surface area contributed by atoms with Crippen LogP contribution in [0.2, 0.25) is 0 Å². The lowest BCUT2D eigenvalue weighted by atomic mass is 9.78. The van der Waals surface area contributed by atoms with Gasteiger partial charge in [0.1, 0.15) is 0 Å². The fourth-order valence-corrected chi connectivity index (χ4v) is 4.46. The highest BCUT2D eigenvalue weighted by molar-refractivity contribution is 5.85. The van der Waals surface area contributed by atoms with Crippen LogP contribution < -0.4 is 5.32 Å². The van der Waals surface area contributed by atoms with Crippen LogP contribution in [0.15, 0.2) is 0 Å². The van der Waals surface area contributed by atoms with Crippen molar-refractivity contribution in [1.29, 1.82) is 0 Å². The Morgan fingerprint density at radius 2 is 1.71 bits per heavy atom. The molecule has 2 aliphatic heterocycles. The molecule has 3 fully saturated rings. The van der Waals surface area contributed by atoms with Crippen LogP contribution in [0.5, 0.6) is 0 Å². The van der Waals surface area contributed by atoms with Crippen molar-refractivity contribution in [2.45, 2.75) is 64.2 Å². The van der Waals surface area contributed by atoms with Gasteiger partial charge >= 0.3 is 0 Å². The number of carbonyl (C=O) groups excluding carboxylic acids is 1. The highest BCUT2D eigenvalue weighted by Gasteiger charge is 2.40. The molecular weight excluding hydrogens is 284 g/mol. The number of likely N-dealkylation sites (tertiary alicyclic amines) is 1. The second-order valence-electron chi connectivity index (χ2n) is 7.38. The molecule has 0 aromatic rings. The topological polar surface area (TPSA) is 32.3 Å². The summed E-state index contributed by atoms with van der Waals surface area (Å²) < 4.78 is 0. The largest absolute Gasteiger partial charge is 0.342 e. The molecule has 0 radical (unpaired) electrons. The molecule has 3 rings (SSSR count). The summed E-state index contributed by atoms with van der Waals surface area (Å²) in [4.78, 5) is 14.8. The first-order chi connectivity index (χ1) is 9.77. The zero-order valence-electron chi connectivity index (χ0n) is 13.2. The minimum absolute atomic E-state index is 0. The van der Waals surface area contributed by atoms with Crippen molar-refractivity contribution in [2.24, 2.45) is 11.3 Å². The molecule has 4 heteroatoms. The second-order valence-corrected chi connectivity index (χ2v) is 7.38. The number of rotatable bonds is 2. The van der Waals surface area contributed by atoms with E-state index in [9.17, 15) is 4.79 Å². The van der Waals surface area contributed by atoms with Gasteiger partial charge in [-0.2, -0.15) is 0 Å². The van der Waals surface area contributed by atoms with Gasteiger partial charge in [-0.15, -0.1) is 12.4 Å². The number of amides is 1. The fraction of sp³-hybridized carbons (Fsp3) is 0.941. The van der Waals surface area contributed by atoms with Crippen molar-refractivity contribution in [3.8, 4) is 0 Å². The molecule has 1 spiro atoms. The Balaban J connectivity index is 0.00000161. The second kappa shape index (κ2) is 7.82. The van der Waals surface area contributed by atoms with Crippen LogP contribution in [0.1, 0.15) is 64.2 Å². The summed E-state index contributed by atoms with van der Waals surface area (Å²) >= 11 is 0. The van der Waals surface area contributed by atoms with E-state index < -0.39 is 0 Å². The van der Waals surface area contributed by atoms with E-state index in [0.717, 1.165) is 32.6 Å². The molecule has 2 heterocycles. The van der Waals surface area contributed by atoms with Gasteiger partial charge in [0, 0.05) is 19.5 Å². The molecule has 0 atom stereocenters. The Labute approximate surface area is 135 Å². The highest BCUT2D eigenvalue weighted by Crippen LogP contribution is 2.39. The zero-order valence-corrected chi connectivity index (χ0v) is 14.1. The SMILES string of the molecule is Cl.O=C(CC1CCCCCC1)N1CCC2(CCNCC2)C1. The van der Waals surface area contributed by atoms with Crippen molar-refractivity contribution < 1.29 is 4.79 Å². The normalized spacial score (nSPS) is 26.4. The first-order valence-electron chi connectivity index (χ1n) is 8.76. The molecule has 3 aliphatic rings. The number of carbonyl (C=O) groups is 1. The van der Waals surface area contributed by atoms with Gasteiger partial charge in [-0.25, -0.2) is 0 Å². The summed E-state index contributed by atoms with van der Waals surface area (Å²) in [6.07, 6.45) is 12.6. The lowest BCUT2D eigenvalue weighted by Crippen LogP contribution is -2.40. The summed E-state index contributed by atoms with van der Waals surface area (Å²) in [5.74, 6) is 1.13. The minimum Gasteiger partial charge on any atom is -0.342 e. The molecular formula is C17H31ClN2O. The van der Waals surface area contributed by atoms with Crippen LogP contribution in [0.4, 0.5) is 0 Å². The first kappa shape index (κ1) is 17.1. The van der Waals surface area contributed by atoms with E-state index >= 15 is 0 Å². The number of piperidine rings is 1. The number of hydrogen-bond donors (Lipinski definition) is 1. The van der Waals surface area contributed by atoms with Gasteiger partial charge in [0.05, 0.1) is 0 Å². The van der Waals surface area contributed by atoms with Crippen LogP contribution in [-0.2, 0) is 4.79 Å². The Hall–Kier alpha value is -0.280. The third-order valence-corrected chi connectivity index (χ3v) is 5.89. The minimum atomic E-state index is 0. The number of nitrogens with zero attached hydrogens (tertiary/aromatic N) is 1. The quantitative estimate of drug-likeness (QED) is 0.793. The van der Waals surface area contributed by atoms with Gasteiger partial charge in [0.2, 0.25) is 5.91 Å². The van der Waals surface area contributed by atoms with Crippen LogP contribution >= 0.6 is 12.4 Å². The molecule has 2 saturated heterocycles. The van der Waals surface area contributed by atoms with Crippen LogP contribution in [-0.4, -0.2) is 37.0 Å². The van der Waals surface area contributed by atoms with E-state index in [0.29, 0.717) is 17.2 Å². The van der Waals surface area contributed by atoms with E-state index in [2.05, 4.69) is 10.2 Å². The Morgan fingerprint density at radius 3 is 2.38 bits per heavy atom. The Kier molecular flexibility index (Phi) is 6.36. The predicted octanol–water partition coefficient (Wildman–Crippen LogP) is 3.37. The highest BCUT2D eigenvalue weighted by atomic mass is 35.5. The Bertz CT molecular complexity index is 334. The molecule has 1 aliphatic carbocycles. The summed E-state index contributed by atoms with van der Waals surface area (Å²) in [6.45, 7) is 4.35. The van der Waals surface area contributed by atoms with Gasteiger partial charge < -0.3 is 10.2 Å². The number of nitrogens with one attached hydrogen (secondary N) is 1. The molecule has 0 bridgehead atoms. The van der Waals surface area contributed by atoms with Gasteiger partial charge in [0.15, 0.2) is 0 Å². The van der Waals surface area contributed by atoms with Crippen LogP contribution in [0, 0.1) is 11.3 Å². The third kappa shape index (κ3) is 4.35. The molecule has 3 nitrogen and oxygen atoms in total. The molecule has 0 aromatic carbocycles. The predicted molar refractivity (Wildman–Crippen MR) is 88.8 cm³/mol. The van der Waals surface area contributed by atoms with E-state index in [1.807, 2.05) is 0 Å². The molecule has 1 saturated carbocycles. The van der Waals surface area contributed by atoms with Gasteiger partial charge in [0.25, 0.3) is 0 Å². The summed E-state index contributed by atoms with van der Waals surface area (Å²) in [7, 11) is 0. The van der Waals surface area contributed by atoms with Gasteiger partial charge in [-0.05, 0) is 56.5 Å². The summed E-state index contributed by atoms with van der Waals surface area (Å²) in [5, 5.41) is 3.45. The maximum Gasteiger partial charge on any atom is 0.222 e. The fourth-order valence-electron chi connectivity index (χ4n) is 4.46. The molecule has 1 N–H and O–H groups in total. The summed E-state index contributed by atoms with van der Waals surface area (Å²) in [5.41, 5.74) is 0.463. The molecule has 0 aromatic heterocycles. The number of halogens is 1. The lowest BCUT2D eigenvalue weighted by molar-refractivity contribution is -0.131. The van der Waals surface area contributed by atoms with E-state index in [1.165, 1.54) is 57.8 Å². The van der Waals surface area contributed by atoms with E-state index in [1.54, 1.807) is 0 Å². The van der Waals surface area contributed by atoms with E-state index in [-0.39, 0.29) is 12.4 Å².